The van der Waals surface area contributed by atoms with Gasteiger partial charge in [-0.15, -0.1) is 0 Å². The molecule has 0 bridgehead atoms. The average molecular weight is 384 g/mol. The van der Waals surface area contributed by atoms with E-state index in [0.29, 0.717) is 5.56 Å². The Hall–Kier alpha value is -2.44. The summed E-state index contributed by atoms with van der Waals surface area (Å²) in [7, 11) is 0. The number of carboxylic acids is 1. The number of amides is 1. The highest BCUT2D eigenvalue weighted by molar-refractivity contribution is 6.37. The third-order valence-corrected chi connectivity index (χ3v) is 3.90. The number of hydrogen-bond donors (Lipinski definition) is 3. The van der Waals surface area contributed by atoms with Gasteiger partial charge in [0.1, 0.15) is 12.6 Å². The quantitative estimate of drug-likeness (QED) is 0.707. The predicted molar refractivity (Wildman–Crippen MR) is 93.0 cm³/mol. The van der Waals surface area contributed by atoms with Crippen LogP contribution in [-0.2, 0) is 22.6 Å². The average Bonchev–Trinajstić information content (AvgIpc) is 2.58. The first-order valence-electron chi connectivity index (χ1n) is 7.23. The summed E-state index contributed by atoms with van der Waals surface area (Å²) >= 11 is 11.6. The number of aromatic hydroxyl groups is 1. The standard InChI is InChI=1S/C17H15Cl2NO5/c18-12-6-11(7-13(19)15(12)21)8-14(16(22)23)20-17(24)25-9-10-4-2-1-3-5-10/h1-7,14,21H,8-9H2,(H,20,24)(H,22,23)/t14-/m0/s1. The van der Waals surface area contributed by atoms with Gasteiger partial charge in [-0.05, 0) is 23.3 Å². The number of phenols is 1. The maximum absolute atomic E-state index is 11.8. The molecule has 0 heterocycles. The summed E-state index contributed by atoms with van der Waals surface area (Å²) in [4.78, 5) is 23.2. The zero-order chi connectivity index (χ0) is 18.4. The van der Waals surface area contributed by atoms with Crippen LogP contribution in [-0.4, -0.2) is 28.3 Å². The van der Waals surface area contributed by atoms with Gasteiger partial charge in [-0.1, -0.05) is 53.5 Å². The molecule has 0 fully saturated rings. The van der Waals surface area contributed by atoms with Gasteiger partial charge < -0.3 is 20.3 Å². The maximum atomic E-state index is 11.8. The van der Waals surface area contributed by atoms with Crippen molar-refractivity contribution in [1.29, 1.82) is 0 Å². The summed E-state index contributed by atoms with van der Waals surface area (Å²) in [6.45, 7) is 0.0237. The van der Waals surface area contributed by atoms with Gasteiger partial charge >= 0.3 is 12.1 Å². The van der Waals surface area contributed by atoms with Gasteiger partial charge in [0.25, 0.3) is 0 Å². The van der Waals surface area contributed by atoms with Crippen molar-refractivity contribution in [3.63, 3.8) is 0 Å². The second kappa shape index (κ2) is 8.60. The van der Waals surface area contributed by atoms with Crippen LogP contribution in [0.5, 0.6) is 5.75 Å². The first-order chi connectivity index (χ1) is 11.9. The number of carboxylic acid groups (broad SMARTS) is 1. The van der Waals surface area contributed by atoms with Crippen molar-refractivity contribution in [1.82, 2.24) is 5.32 Å². The molecule has 2 aromatic rings. The summed E-state index contributed by atoms with van der Waals surface area (Å²) in [5.74, 6) is -1.52. The molecule has 6 nitrogen and oxygen atoms in total. The molecule has 0 aliphatic rings. The maximum Gasteiger partial charge on any atom is 0.408 e. The summed E-state index contributed by atoms with van der Waals surface area (Å²) in [5, 5.41) is 21.1. The molecule has 0 radical (unpaired) electrons. The topological polar surface area (TPSA) is 95.9 Å². The summed E-state index contributed by atoms with van der Waals surface area (Å²) in [6.07, 6.45) is -0.928. The summed E-state index contributed by atoms with van der Waals surface area (Å²) < 4.78 is 5.01. The number of alkyl carbamates (subject to hydrolysis) is 1. The zero-order valence-electron chi connectivity index (χ0n) is 12.9. The van der Waals surface area contributed by atoms with Gasteiger partial charge in [-0.25, -0.2) is 9.59 Å². The van der Waals surface area contributed by atoms with E-state index >= 15 is 0 Å². The van der Waals surface area contributed by atoms with E-state index in [-0.39, 0.29) is 28.8 Å². The largest absolute Gasteiger partial charge is 0.505 e. The van der Waals surface area contributed by atoms with Crippen LogP contribution in [0.3, 0.4) is 0 Å². The Labute approximate surface area is 153 Å². The highest BCUT2D eigenvalue weighted by Crippen LogP contribution is 2.33. The Morgan fingerprint density at radius 2 is 1.68 bits per heavy atom. The Morgan fingerprint density at radius 1 is 1.08 bits per heavy atom. The molecule has 8 heteroatoms. The van der Waals surface area contributed by atoms with Crippen molar-refractivity contribution < 1.29 is 24.5 Å². The number of nitrogens with one attached hydrogen (secondary N) is 1. The smallest absolute Gasteiger partial charge is 0.408 e. The fourth-order valence-corrected chi connectivity index (χ4v) is 2.61. The van der Waals surface area contributed by atoms with Gasteiger partial charge in [-0.2, -0.15) is 0 Å². The molecule has 2 aromatic carbocycles. The molecule has 0 saturated carbocycles. The number of halogens is 2. The first-order valence-corrected chi connectivity index (χ1v) is 7.99. The van der Waals surface area contributed by atoms with Crippen LogP contribution >= 0.6 is 23.2 Å². The molecule has 132 valence electrons. The third kappa shape index (κ3) is 5.55. The Kier molecular flexibility index (Phi) is 6.50. The van der Waals surface area contributed by atoms with Crippen molar-refractivity contribution in [3.05, 3.63) is 63.6 Å². The molecule has 1 atom stereocenters. The lowest BCUT2D eigenvalue weighted by molar-refractivity contribution is -0.139. The normalized spacial score (nSPS) is 11.6. The molecule has 3 N–H and O–H groups in total. The van der Waals surface area contributed by atoms with E-state index in [4.69, 9.17) is 27.9 Å². The molecule has 0 aromatic heterocycles. The minimum Gasteiger partial charge on any atom is -0.505 e. The van der Waals surface area contributed by atoms with Crippen molar-refractivity contribution >= 4 is 35.3 Å². The SMILES string of the molecule is O=C(N[C@@H](Cc1cc(Cl)c(O)c(Cl)c1)C(=O)O)OCc1ccccc1. The number of aliphatic carboxylic acids is 1. The fourth-order valence-electron chi connectivity index (χ4n) is 2.08. The second-order valence-corrected chi connectivity index (χ2v) is 6.02. The fraction of sp³-hybridized carbons (Fsp3) is 0.176. The number of ether oxygens (including phenoxy) is 1. The van der Waals surface area contributed by atoms with Crippen LogP contribution < -0.4 is 5.32 Å². The van der Waals surface area contributed by atoms with E-state index < -0.39 is 18.1 Å². The van der Waals surface area contributed by atoms with Gasteiger partial charge in [0.2, 0.25) is 0 Å². The van der Waals surface area contributed by atoms with Gasteiger partial charge in [0.15, 0.2) is 5.75 Å². The molecule has 0 saturated heterocycles. The van der Waals surface area contributed by atoms with Crippen molar-refractivity contribution in [2.24, 2.45) is 0 Å². The Morgan fingerprint density at radius 3 is 2.24 bits per heavy atom. The molecule has 0 aliphatic carbocycles. The van der Waals surface area contributed by atoms with E-state index in [1.165, 1.54) is 12.1 Å². The number of phenolic OH excluding ortho intramolecular Hbond substituents is 1. The molecular weight excluding hydrogens is 369 g/mol. The number of benzene rings is 2. The minimum absolute atomic E-state index is 0.00158. The third-order valence-electron chi connectivity index (χ3n) is 3.32. The van der Waals surface area contributed by atoms with Crippen LogP contribution in [0.1, 0.15) is 11.1 Å². The highest BCUT2D eigenvalue weighted by atomic mass is 35.5. The van der Waals surface area contributed by atoms with Crippen LogP contribution in [0.15, 0.2) is 42.5 Å². The lowest BCUT2D eigenvalue weighted by Crippen LogP contribution is -2.42. The van der Waals surface area contributed by atoms with Crippen LogP contribution in [0.4, 0.5) is 4.79 Å². The van der Waals surface area contributed by atoms with Crippen LogP contribution in [0.25, 0.3) is 0 Å². The second-order valence-electron chi connectivity index (χ2n) is 5.21. The van der Waals surface area contributed by atoms with Crippen molar-refractivity contribution in [2.75, 3.05) is 0 Å². The van der Waals surface area contributed by atoms with E-state index in [9.17, 15) is 19.8 Å². The highest BCUT2D eigenvalue weighted by Gasteiger charge is 2.22. The zero-order valence-corrected chi connectivity index (χ0v) is 14.4. The number of hydrogen-bond acceptors (Lipinski definition) is 4. The lowest BCUT2D eigenvalue weighted by atomic mass is 10.1. The number of carbonyl (C=O) groups is 2. The molecule has 0 unspecified atom stereocenters. The monoisotopic (exact) mass is 383 g/mol. The van der Waals surface area contributed by atoms with E-state index in [0.717, 1.165) is 5.56 Å². The first kappa shape index (κ1) is 18.9. The number of rotatable bonds is 6. The van der Waals surface area contributed by atoms with Gasteiger partial charge in [0.05, 0.1) is 10.0 Å². The van der Waals surface area contributed by atoms with E-state index in [1.54, 1.807) is 24.3 Å². The molecule has 25 heavy (non-hydrogen) atoms. The Balaban J connectivity index is 1.98. The van der Waals surface area contributed by atoms with Gasteiger partial charge in [0, 0.05) is 6.42 Å². The predicted octanol–water partition coefficient (Wildman–Crippen LogP) is 3.62. The molecule has 1 amide bonds. The number of carbonyl (C=O) groups excluding carboxylic acids is 1. The molecular formula is C17H15Cl2NO5. The van der Waals surface area contributed by atoms with Crippen molar-refractivity contribution in [2.45, 2.75) is 19.1 Å². The molecule has 2 rings (SSSR count). The minimum atomic E-state index is -1.24. The van der Waals surface area contributed by atoms with Crippen LogP contribution in [0.2, 0.25) is 10.0 Å². The lowest BCUT2D eigenvalue weighted by Gasteiger charge is -2.15. The van der Waals surface area contributed by atoms with E-state index in [1.807, 2.05) is 6.07 Å². The van der Waals surface area contributed by atoms with Crippen molar-refractivity contribution in [3.8, 4) is 5.75 Å². The van der Waals surface area contributed by atoms with E-state index in [2.05, 4.69) is 5.32 Å². The van der Waals surface area contributed by atoms with Crippen LogP contribution in [0, 0.1) is 0 Å². The van der Waals surface area contributed by atoms with Gasteiger partial charge in [-0.3, -0.25) is 0 Å². The summed E-state index contributed by atoms with van der Waals surface area (Å²) in [5.41, 5.74) is 1.23. The summed E-state index contributed by atoms with van der Waals surface area (Å²) in [6, 6.07) is 10.5. The Bertz CT molecular complexity index is 744. The molecule has 0 aliphatic heterocycles. The molecule has 0 spiro atoms.